The Morgan fingerprint density at radius 3 is 2.84 bits per heavy atom. The Balaban J connectivity index is 2.57. The number of hydrogen-bond donors (Lipinski definition) is 1. The quantitative estimate of drug-likeness (QED) is 0.641. The van der Waals surface area contributed by atoms with Crippen molar-refractivity contribution in [2.75, 3.05) is 13.7 Å². The molecule has 0 aliphatic rings. The second-order valence-electron chi connectivity index (χ2n) is 4.26. The summed E-state index contributed by atoms with van der Waals surface area (Å²) >= 11 is 5.96. The van der Waals surface area contributed by atoms with E-state index in [1.54, 1.807) is 0 Å². The SMILES string of the molecule is CC/C(=C/CNC(C)c1cccc(Cl)c1)C(=O)OC. The predicted octanol–water partition coefficient (Wildman–Crippen LogP) is 3.50. The van der Waals surface area contributed by atoms with Crippen LogP contribution in [-0.2, 0) is 9.53 Å². The molecule has 0 saturated heterocycles. The molecule has 0 radical (unpaired) electrons. The lowest BCUT2D eigenvalue weighted by molar-refractivity contribution is -0.136. The van der Waals surface area contributed by atoms with E-state index in [0.29, 0.717) is 18.5 Å². The van der Waals surface area contributed by atoms with Gasteiger partial charge in [-0.1, -0.05) is 36.7 Å². The van der Waals surface area contributed by atoms with E-state index in [4.69, 9.17) is 16.3 Å². The Labute approximate surface area is 119 Å². The molecular formula is C15H20ClNO2. The zero-order chi connectivity index (χ0) is 14.3. The molecule has 0 amide bonds. The Hall–Kier alpha value is -1.32. The number of halogens is 1. The van der Waals surface area contributed by atoms with E-state index in [-0.39, 0.29) is 12.0 Å². The molecule has 0 fully saturated rings. The summed E-state index contributed by atoms with van der Waals surface area (Å²) in [4.78, 5) is 11.4. The summed E-state index contributed by atoms with van der Waals surface area (Å²) in [6.07, 6.45) is 2.53. The minimum atomic E-state index is -0.264. The highest BCUT2D eigenvalue weighted by Gasteiger charge is 2.07. The number of benzene rings is 1. The van der Waals surface area contributed by atoms with Crippen LogP contribution in [0.4, 0.5) is 0 Å². The molecule has 19 heavy (non-hydrogen) atoms. The number of carbonyl (C=O) groups excluding carboxylic acids is 1. The Kier molecular flexibility index (Phi) is 6.60. The fraction of sp³-hybridized carbons (Fsp3) is 0.400. The van der Waals surface area contributed by atoms with Crippen molar-refractivity contribution in [3.8, 4) is 0 Å². The number of esters is 1. The van der Waals surface area contributed by atoms with Crippen LogP contribution in [-0.4, -0.2) is 19.6 Å². The largest absolute Gasteiger partial charge is 0.466 e. The van der Waals surface area contributed by atoms with Crippen molar-refractivity contribution >= 4 is 17.6 Å². The van der Waals surface area contributed by atoms with Crippen molar-refractivity contribution in [1.29, 1.82) is 0 Å². The van der Waals surface area contributed by atoms with Crippen LogP contribution in [0.1, 0.15) is 31.9 Å². The van der Waals surface area contributed by atoms with Gasteiger partial charge in [0.1, 0.15) is 0 Å². The first kappa shape index (κ1) is 15.7. The number of hydrogen-bond acceptors (Lipinski definition) is 3. The molecule has 4 heteroatoms. The molecule has 1 aromatic carbocycles. The standard InChI is InChI=1S/C15H20ClNO2/c1-4-12(15(18)19-3)8-9-17-11(2)13-6-5-7-14(16)10-13/h5-8,10-11,17H,4,9H2,1-3H3/b12-8-. The maximum absolute atomic E-state index is 11.4. The molecule has 0 heterocycles. The molecule has 1 atom stereocenters. The molecular weight excluding hydrogens is 262 g/mol. The van der Waals surface area contributed by atoms with E-state index in [1.165, 1.54) is 7.11 Å². The molecule has 1 N–H and O–H groups in total. The van der Waals surface area contributed by atoms with E-state index in [0.717, 1.165) is 10.6 Å². The third-order valence-electron chi connectivity index (χ3n) is 2.95. The summed E-state index contributed by atoms with van der Waals surface area (Å²) in [5.74, 6) is -0.264. The topological polar surface area (TPSA) is 38.3 Å². The lowest BCUT2D eigenvalue weighted by Gasteiger charge is -2.13. The smallest absolute Gasteiger partial charge is 0.333 e. The summed E-state index contributed by atoms with van der Waals surface area (Å²) in [6.45, 7) is 4.61. The van der Waals surface area contributed by atoms with Gasteiger partial charge >= 0.3 is 5.97 Å². The van der Waals surface area contributed by atoms with E-state index in [1.807, 2.05) is 37.3 Å². The number of nitrogens with one attached hydrogen (secondary N) is 1. The minimum Gasteiger partial charge on any atom is -0.466 e. The summed E-state index contributed by atoms with van der Waals surface area (Å²) in [5.41, 5.74) is 1.81. The van der Waals surface area contributed by atoms with E-state index in [9.17, 15) is 4.79 Å². The highest BCUT2D eigenvalue weighted by atomic mass is 35.5. The minimum absolute atomic E-state index is 0.172. The summed E-state index contributed by atoms with van der Waals surface area (Å²) in [5, 5.41) is 4.05. The number of methoxy groups -OCH3 is 1. The molecule has 1 unspecified atom stereocenters. The van der Waals surface area contributed by atoms with Gasteiger partial charge < -0.3 is 10.1 Å². The molecule has 1 rings (SSSR count). The third-order valence-corrected chi connectivity index (χ3v) is 3.18. The fourth-order valence-electron chi connectivity index (χ4n) is 1.76. The Morgan fingerprint density at radius 1 is 1.53 bits per heavy atom. The molecule has 1 aromatic rings. The number of carbonyl (C=O) groups is 1. The lowest BCUT2D eigenvalue weighted by Crippen LogP contribution is -2.19. The highest BCUT2D eigenvalue weighted by Crippen LogP contribution is 2.17. The van der Waals surface area contributed by atoms with Crippen LogP contribution in [0.5, 0.6) is 0 Å². The van der Waals surface area contributed by atoms with Crippen molar-refractivity contribution in [2.24, 2.45) is 0 Å². The van der Waals surface area contributed by atoms with Crippen LogP contribution in [0.25, 0.3) is 0 Å². The normalized spacial score (nSPS) is 13.2. The predicted molar refractivity (Wildman–Crippen MR) is 78.3 cm³/mol. The van der Waals surface area contributed by atoms with Gasteiger partial charge in [0.05, 0.1) is 7.11 Å². The van der Waals surface area contributed by atoms with E-state index in [2.05, 4.69) is 12.2 Å². The highest BCUT2D eigenvalue weighted by molar-refractivity contribution is 6.30. The van der Waals surface area contributed by atoms with Crippen LogP contribution in [0.2, 0.25) is 5.02 Å². The molecule has 0 aromatic heterocycles. The van der Waals surface area contributed by atoms with Crippen molar-refractivity contribution in [1.82, 2.24) is 5.32 Å². The fourth-order valence-corrected chi connectivity index (χ4v) is 1.95. The van der Waals surface area contributed by atoms with E-state index < -0.39 is 0 Å². The van der Waals surface area contributed by atoms with Crippen LogP contribution in [0, 0.1) is 0 Å². The van der Waals surface area contributed by atoms with Gasteiger partial charge in [-0.2, -0.15) is 0 Å². The average Bonchev–Trinajstić information content (AvgIpc) is 2.42. The van der Waals surface area contributed by atoms with Crippen molar-refractivity contribution in [3.63, 3.8) is 0 Å². The summed E-state index contributed by atoms with van der Waals surface area (Å²) in [7, 11) is 1.40. The maximum Gasteiger partial charge on any atom is 0.333 e. The van der Waals surface area contributed by atoms with Gasteiger partial charge in [-0.25, -0.2) is 4.79 Å². The zero-order valence-electron chi connectivity index (χ0n) is 11.6. The van der Waals surface area contributed by atoms with Crippen LogP contribution in [0.3, 0.4) is 0 Å². The van der Waals surface area contributed by atoms with E-state index >= 15 is 0 Å². The maximum atomic E-state index is 11.4. The van der Waals surface area contributed by atoms with Gasteiger partial charge in [-0.3, -0.25) is 0 Å². The van der Waals surface area contributed by atoms with Crippen molar-refractivity contribution in [2.45, 2.75) is 26.3 Å². The van der Waals surface area contributed by atoms with Gasteiger partial charge in [0.2, 0.25) is 0 Å². The Morgan fingerprint density at radius 2 is 2.26 bits per heavy atom. The first-order valence-corrected chi connectivity index (χ1v) is 6.72. The van der Waals surface area contributed by atoms with Crippen LogP contribution in [0.15, 0.2) is 35.9 Å². The third kappa shape index (κ3) is 5.05. The second-order valence-corrected chi connectivity index (χ2v) is 4.70. The lowest BCUT2D eigenvalue weighted by atomic mass is 10.1. The monoisotopic (exact) mass is 281 g/mol. The van der Waals surface area contributed by atoms with Crippen LogP contribution >= 0.6 is 11.6 Å². The molecule has 0 saturated carbocycles. The molecule has 3 nitrogen and oxygen atoms in total. The van der Waals surface area contributed by atoms with Crippen molar-refractivity contribution in [3.05, 3.63) is 46.5 Å². The average molecular weight is 282 g/mol. The zero-order valence-corrected chi connectivity index (χ0v) is 12.3. The summed E-state index contributed by atoms with van der Waals surface area (Å²) in [6, 6.07) is 7.91. The molecule has 104 valence electrons. The molecule has 0 aliphatic carbocycles. The number of rotatable bonds is 6. The van der Waals surface area contributed by atoms with Gasteiger partial charge in [-0.05, 0) is 31.0 Å². The first-order chi connectivity index (χ1) is 9.08. The Bertz CT molecular complexity index is 457. The van der Waals surface area contributed by atoms with Gasteiger partial charge in [0.15, 0.2) is 0 Å². The summed E-state index contributed by atoms with van der Waals surface area (Å²) < 4.78 is 4.71. The molecule has 0 aliphatic heterocycles. The first-order valence-electron chi connectivity index (χ1n) is 6.34. The molecule has 0 bridgehead atoms. The number of ether oxygens (including phenoxy) is 1. The second kappa shape index (κ2) is 7.97. The van der Waals surface area contributed by atoms with Crippen LogP contribution < -0.4 is 5.32 Å². The van der Waals surface area contributed by atoms with Gasteiger partial charge in [0.25, 0.3) is 0 Å². The molecule has 0 spiro atoms. The van der Waals surface area contributed by atoms with Gasteiger partial charge in [-0.15, -0.1) is 0 Å². The van der Waals surface area contributed by atoms with Gasteiger partial charge in [0, 0.05) is 23.2 Å². The van der Waals surface area contributed by atoms with Crippen molar-refractivity contribution < 1.29 is 9.53 Å².